The van der Waals surface area contributed by atoms with Crippen LogP contribution in [0.2, 0.25) is 0 Å². The number of rotatable bonds is 9. The Morgan fingerprint density at radius 2 is 1.67 bits per heavy atom. The second-order valence-electron chi connectivity index (χ2n) is 4.03. The minimum atomic E-state index is -1.39. The number of hydrogen-bond acceptors (Lipinski definition) is 7. The fourth-order valence-corrected chi connectivity index (χ4v) is 1.36. The van der Waals surface area contributed by atoms with E-state index in [0.717, 1.165) is 0 Å². The Morgan fingerprint density at radius 1 is 1.10 bits per heavy atom. The fraction of sp³-hybridized carbons (Fsp3) is 0.667. The van der Waals surface area contributed by atoms with E-state index in [-0.39, 0.29) is 13.2 Å². The molecule has 2 atom stereocenters. The van der Waals surface area contributed by atoms with Gasteiger partial charge >= 0.3 is 17.9 Å². The molecule has 0 aromatic carbocycles. The predicted octanol–water partition coefficient (Wildman–Crippen LogP) is -1.21. The van der Waals surface area contributed by atoms with E-state index in [1.54, 1.807) is 13.8 Å². The van der Waals surface area contributed by atoms with Crippen molar-refractivity contribution in [3.05, 3.63) is 0 Å². The Morgan fingerprint density at radius 3 is 2.14 bits per heavy atom. The fourth-order valence-electron chi connectivity index (χ4n) is 1.36. The van der Waals surface area contributed by atoms with Crippen LogP contribution in [0.1, 0.15) is 26.7 Å². The van der Waals surface area contributed by atoms with Crippen molar-refractivity contribution in [2.45, 2.75) is 38.8 Å². The molecule has 0 aliphatic carbocycles. The van der Waals surface area contributed by atoms with E-state index >= 15 is 0 Å². The highest BCUT2D eigenvalue weighted by Crippen LogP contribution is 2.01. The van der Waals surface area contributed by atoms with Crippen LogP contribution >= 0.6 is 0 Å². The molecule has 0 aliphatic heterocycles. The van der Waals surface area contributed by atoms with Gasteiger partial charge in [-0.1, -0.05) is 0 Å². The third kappa shape index (κ3) is 7.88. The molecule has 0 spiro atoms. The van der Waals surface area contributed by atoms with Crippen molar-refractivity contribution >= 4 is 23.8 Å². The van der Waals surface area contributed by atoms with Crippen molar-refractivity contribution in [1.82, 2.24) is 5.32 Å². The summed E-state index contributed by atoms with van der Waals surface area (Å²) in [4.78, 5) is 45.2. The molecule has 0 saturated carbocycles. The number of nitrogens with one attached hydrogen (secondary N) is 1. The molecule has 1 amide bonds. The maximum atomic E-state index is 11.6. The second-order valence-corrected chi connectivity index (χ2v) is 4.03. The molecule has 0 aromatic heterocycles. The van der Waals surface area contributed by atoms with Gasteiger partial charge in [0.05, 0.1) is 26.1 Å². The molecule has 9 heteroatoms. The van der Waals surface area contributed by atoms with Gasteiger partial charge in [0.25, 0.3) is 0 Å². The summed E-state index contributed by atoms with van der Waals surface area (Å²) in [5.74, 6) is -3.60. The van der Waals surface area contributed by atoms with Gasteiger partial charge in [0.1, 0.15) is 12.1 Å². The quantitative estimate of drug-likeness (QED) is 0.450. The van der Waals surface area contributed by atoms with Crippen LogP contribution in [-0.4, -0.2) is 54.2 Å². The van der Waals surface area contributed by atoms with Gasteiger partial charge in [-0.2, -0.15) is 0 Å². The van der Waals surface area contributed by atoms with Gasteiger partial charge in [-0.05, 0) is 13.8 Å². The SMILES string of the molecule is CCOC(=O)C[C@H](NC(=O)C[C@H](N)C(=O)O)C(=O)OCC. The van der Waals surface area contributed by atoms with E-state index < -0.39 is 48.7 Å². The number of ether oxygens (including phenoxy) is 2. The summed E-state index contributed by atoms with van der Waals surface area (Å²) in [6, 6.07) is -2.63. The molecule has 0 unspecified atom stereocenters. The smallest absolute Gasteiger partial charge is 0.329 e. The molecule has 21 heavy (non-hydrogen) atoms. The first-order valence-corrected chi connectivity index (χ1v) is 6.41. The van der Waals surface area contributed by atoms with Crippen LogP contribution in [0, 0.1) is 0 Å². The maximum absolute atomic E-state index is 11.6. The van der Waals surface area contributed by atoms with Crippen molar-refractivity contribution in [3.63, 3.8) is 0 Å². The Bertz CT molecular complexity index is 397. The monoisotopic (exact) mass is 304 g/mol. The van der Waals surface area contributed by atoms with Crippen LogP contribution in [0.25, 0.3) is 0 Å². The largest absolute Gasteiger partial charge is 0.480 e. The molecular formula is C12H20N2O7. The van der Waals surface area contributed by atoms with Crippen molar-refractivity contribution < 1.29 is 33.8 Å². The normalized spacial score (nSPS) is 12.9. The third-order valence-electron chi connectivity index (χ3n) is 2.30. The van der Waals surface area contributed by atoms with Gasteiger partial charge in [0.15, 0.2) is 0 Å². The van der Waals surface area contributed by atoms with Crippen LogP contribution in [0.5, 0.6) is 0 Å². The van der Waals surface area contributed by atoms with E-state index in [1.807, 2.05) is 0 Å². The zero-order valence-electron chi connectivity index (χ0n) is 12.0. The summed E-state index contributed by atoms with van der Waals surface area (Å²) in [6.07, 6.45) is -0.922. The van der Waals surface area contributed by atoms with Crippen LogP contribution in [0.4, 0.5) is 0 Å². The van der Waals surface area contributed by atoms with Crippen molar-refractivity contribution in [2.24, 2.45) is 5.73 Å². The summed E-state index contributed by atoms with van der Waals surface area (Å²) in [6.45, 7) is 3.37. The highest BCUT2D eigenvalue weighted by atomic mass is 16.5. The van der Waals surface area contributed by atoms with E-state index in [1.165, 1.54) is 0 Å². The second kappa shape index (κ2) is 9.70. The number of carbonyl (C=O) groups excluding carboxylic acids is 3. The summed E-state index contributed by atoms with van der Waals surface area (Å²) < 4.78 is 9.41. The first kappa shape index (κ1) is 18.8. The number of nitrogens with two attached hydrogens (primary N) is 1. The zero-order valence-corrected chi connectivity index (χ0v) is 12.0. The summed E-state index contributed by atoms with van der Waals surface area (Å²) in [5.41, 5.74) is 5.21. The Hall–Kier alpha value is -2.16. The lowest BCUT2D eigenvalue weighted by molar-refractivity contribution is -0.153. The van der Waals surface area contributed by atoms with Crippen molar-refractivity contribution in [3.8, 4) is 0 Å². The van der Waals surface area contributed by atoms with E-state index in [2.05, 4.69) is 10.1 Å². The van der Waals surface area contributed by atoms with E-state index in [4.69, 9.17) is 15.6 Å². The molecule has 0 radical (unpaired) electrons. The predicted molar refractivity (Wildman–Crippen MR) is 70.0 cm³/mol. The van der Waals surface area contributed by atoms with Gasteiger partial charge in [-0.15, -0.1) is 0 Å². The summed E-state index contributed by atoms with van der Waals surface area (Å²) >= 11 is 0. The van der Waals surface area contributed by atoms with Crippen molar-refractivity contribution in [2.75, 3.05) is 13.2 Å². The number of carboxylic acid groups (broad SMARTS) is 1. The van der Waals surface area contributed by atoms with Crippen LogP contribution < -0.4 is 11.1 Å². The molecule has 0 bridgehead atoms. The van der Waals surface area contributed by atoms with E-state index in [0.29, 0.717) is 0 Å². The standard InChI is InChI=1S/C12H20N2O7/c1-3-20-10(16)6-8(12(19)21-4-2)14-9(15)5-7(13)11(17)18/h7-8H,3-6,13H2,1-2H3,(H,14,15)(H,17,18)/t7-,8-/m0/s1. The average molecular weight is 304 g/mol. The molecule has 0 saturated heterocycles. The van der Waals surface area contributed by atoms with Crippen LogP contribution in [0.3, 0.4) is 0 Å². The van der Waals surface area contributed by atoms with Gasteiger partial charge in [0, 0.05) is 0 Å². The Balaban J connectivity index is 4.65. The first-order valence-electron chi connectivity index (χ1n) is 6.41. The lowest BCUT2D eigenvalue weighted by Gasteiger charge is -2.17. The number of amides is 1. The van der Waals surface area contributed by atoms with Crippen molar-refractivity contribution in [1.29, 1.82) is 0 Å². The maximum Gasteiger partial charge on any atom is 0.329 e. The molecule has 4 N–H and O–H groups in total. The molecule has 0 aromatic rings. The van der Waals surface area contributed by atoms with Crippen LogP contribution in [0.15, 0.2) is 0 Å². The third-order valence-corrected chi connectivity index (χ3v) is 2.30. The van der Waals surface area contributed by atoms with Gasteiger partial charge < -0.3 is 25.6 Å². The summed E-state index contributed by atoms with van der Waals surface area (Å²) in [7, 11) is 0. The zero-order chi connectivity index (χ0) is 16.4. The molecule has 9 nitrogen and oxygen atoms in total. The van der Waals surface area contributed by atoms with E-state index in [9.17, 15) is 19.2 Å². The molecular weight excluding hydrogens is 284 g/mol. The molecule has 0 rings (SSSR count). The number of esters is 2. The number of carbonyl (C=O) groups is 4. The highest BCUT2D eigenvalue weighted by molar-refractivity contribution is 5.90. The lowest BCUT2D eigenvalue weighted by Crippen LogP contribution is -2.46. The van der Waals surface area contributed by atoms with Crippen LogP contribution in [-0.2, 0) is 28.7 Å². The van der Waals surface area contributed by atoms with Gasteiger partial charge in [-0.3, -0.25) is 14.4 Å². The summed E-state index contributed by atoms with van der Waals surface area (Å²) in [5, 5.41) is 10.8. The minimum Gasteiger partial charge on any atom is -0.480 e. The Labute approximate surface area is 121 Å². The molecule has 0 fully saturated rings. The highest BCUT2D eigenvalue weighted by Gasteiger charge is 2.27. The number of carboxylic acids is 1. The number of hydrogen-bond donors (Lipinski definition) is 3. The van der Waals surface area contributed by atoms with Gasteiger partial charge in [-0.25, -0.2) is 4.79 Å². The molecule has 120 valence electrons. The minimum absolute atomic E-state index is 0.0721. The topological polar surface area (TPSA) is 145 Å². The molecule has 0 heterocycles. The number of aliphatic carboxylic acids is 1. The molecule has 0 aliphatic rings. The lowest BCUT2D eigenvalue weighted by atomic mass is 10.1. The Kier molecular flexibility index (Phi) is 8.70. The van der Waals surface area contributed by atoms with Gasteiger partial charge in [0.2, 0.25) is 5.91 Å². The first-order chi connectivity index (χ1) is 9.81. The average Bonchev–Trinajstić information content (AvgIpc) is 2.38.